The molecule has 0 unspecified atom stereocenters. The van der Waals surface area contributed by atoms with Crippen LogP contribution in [0, 0.1) is 11.8 Å². The van der Waals surface area contributed by atoms with Gasteiger partial charge in [-0.3, -0.25) is 0 Å². The van der Waals surface area contributed by atoms with Crippen molar-refractivity contribution in [3.05, 3.63) is 108 Å². The first-order valence-corrected chi connectivity index (χ1v) is 11.5. The second-order valence-corrected chi connectivity index (χ2v) is 9.31. The summed E-state index contributed by atoms with van der Waals surface area (Å²) < 4.78 is 14.3. The van der Waals surface area contributed by atoms with E-state index in [-0.39, 0.29) is 0 Å². The highest BCUT2D eigenvalue weighted by Gasteiger charge is 2.25. The van der Waals surface area contributed by atoms with E-state index in [1.807, 2.05) is 96.8 Å². The van der Waals surface area contributed by atoms with Crippen molar-refractivity contribution in [2.24, 2.45) is 0 Å². The Morgan fingerprint density at radius 2 is 1.32 bits per heavy atom. The first-order valence-electron chi connectivity index (χ1n) is 9.72. The van der Waals surface area contributed by atoms with Gasteiger partial charge in [0.1, 0.15) is 0 Å². The lowest BCUT2D eigenvalue weighted by Gasteiger charge is -2.16. The predicted molar refractivity (Wildman–Crippen MR) is 121 cm³/mol. The van der Waals surface area contributed by atoms with Crippen LogP contribution in [0.2, 0.25) is 0 Å². The van der Waals surface area contributed by atoms with Crippen LogP contribution in [0.25, 0.3) is 0 Å². The SMILES string of the molecule is CCCC/C(C#Cc1ccccc1)=C/P(=O)(c1ccccc1)c1ccccc1. The molecule has 0 fully saturated rings. The molecule has 0 amide bonds. The van der Waals surface area contributed by atoms with Gasteiger partial charge < -0.3 is 4.57 Å². The molecule has 0 atom stereocenters. The maximum absolute atomic E-state index is 14.3. The molecule has 0 radical (unpaired) electrons. The molecule has 3 aromatic carbocycles. The summed E-state index contributed by atoms with van der Waals surface area (Å²) in [6.07, 6.45) is 2.93. The summed E-state index contributed by atoms with van der Waals surface area (Å²) in [5, 5.41) is 1.69. The van der Waals surface area contributed by atoms with E-state index in [2.05, 4.69) is 18.8 Å². The lowest BCUT2D eigenvalue weighted by atomic mass is 10.1. The number of hydrogen-bond acceptors (Lipinski definition) is 1. The number of hydrogen-bond donors (Lipinski definition) is 0. The highest BCUT2D eigenvalue weighted by molar-refractivity contribution is 7.81. The summed E-state index contributed by atoms with van der Waals surface area (Å²) in [6, 6.07) is 29.4. The van der Waals surface area contributed by atoms with Gasteiger partial charge in [-0.2, -0.15) is 0 Å². The summed E-state index contributed by atoms with van der Waals surface area (Å²) in [5.74, 6) is 8.48. The molecule has 0 aliphatic carbocycles. The zero-order valence-corrected chi connectivity index (χ0v) is 17.1. The van der Waals surface area contributed by atoms with E-state index in [4.69, 9.17) is 0 Å². The van der Waals surface area contributed by atoms with Crippen molar-refractivity contribution in [2.45, 2.75) is 26.2 Å². The standard InChI is InChI=1S/C26H25OP/c1-2-3-13-24(21-20-23-14-7-4-8-15-23)22-28(27,25-16-9-5-10-17-25)26-18-11-6-12-19-26/h4-12,14-19,22H,2-3,13H2,1H3/b24-22-. The van der Waals surface area contributed by atoms with Crippen molar-refractivity contribution in [3.63, 3.8) is 0 Å². The molecule has 3 aromatic rings. The minimum Gasteiger partial charge on any atom is -0.309 e. The average molecular weight is 384 g/mol. The van der Waals surface area contributed by atoms with Gasteiger partial charge in [0.05, 0.1) is 0 Å². The molecule has 0 aliphatic heterocycles. The predicted octanol–water partition coefficient (Wildman–Crippen LogP) is 6.13. The Balaban J connectivity index is 2.09. The lowest BCUT2D eigenvalue weighted by Crippen LogP contribution is -2.14. The van der Waals surface area contributed by atoms with Gasteiger partial charge in [0, 0.05) is 21.7 Å². The van der Waals surface area contributed by atoms with Crippen LogP contribution in [0.1, 0.15) is 31.7 Å². The molecule has 0 saturated heterocycles. The molecule has 0 bridgehead atoms. The van der Waals surface area contributed by atoms with E-state index in [1.165, 1.54) is 0 Å². The van der Waals surface area contributed by atoms with Crippen molar-refractivity contribution < 1.29 is 4.57 Å². The summed E-state index contributed by atoms with van der Waals surface area (Å²) >= 11 is 0. The van der Waals surface area contributed by atoms with Crippen LogP contribution in [-0.4, -0.2) is 0 Å². The van der Waals surface area contributed by atoms with E-state index < -0.39 is 7.14 Å². The van der Waals surface area contributed by atoms with Gasteiger partial charge in [0.15, 0.2) is 7.14 Å². The highest BCUT2D eigenvalue weighted by atomic mass is 31.2. The normalized spacial score (nSPS) is 11.5. The largest absolute Gasteiger partial charge is 0.309 e. The Kier molecular flexibility index (Phi) is 7.07. The zero-order valence-electron chi connectivity index (χ0n) is 16.2. The summed E-state index contributed by atoms with van der Waals surface area (Å²) in [5.41, 5.74) is 1.92. The van der Waals surface area contributed by atoms with Crippen molar-refractivity contribution in [3.8, 4) is 11.8 Å². The maximum atomic E-state index is 14.3. The molecule has 0 saturated carbocycles. The summed E-state index contributed by atoms with van der Waals surface area (Å²) in [6.45, 7) is 2.16. The minimum atomic E-state index is -2.91. The molecule has 0 aromatic heterocycles. The lowest BCUT2D eigenvalue weighted by molar-refractivity contribution is 0.592. The third-order valence-corrected chi connectivity index (χ3v) is 7.36. The van der Waals surface area contributed by atoms with Gasteiger partial charge in [0.25, 0.3) is 0 Å². The molecule has 28 heavy (non-hydrogen) atoms. The summed E-state index contributed by atoms with van der Waals surface area (Å²) in [4.78, 5) is 0. The van der Waals surface area contributed by atoms with Gasteiger partial charge in [-0.1, -0.05) is 104 Å². The number of unbranched alkanes of at least 4 members (excludes halogenated alkanes) is 1. The van der Waals surface area contributed by atoms with Crippen molar-refractivity contribution in [1.82, 2.24) is 0 Å². The van der Waals surface area contributed by atoms with Crippen LogP contribution in [0.5, 0.6) is 0 Å². The minimum absolute atomic E-state index is 0.833. The van der Waals surface area contributed by atoms with Crippen LogP contribution < -0.4 is 10.6 Å². The topological polar surface area (TPSA) is 17.1 Å². The van der Waals surface area contributed by atoms with E-state index in [0.29, 0.717) is 0 Å². The van der Waals surface area contributed by atoms with Crippen LogP contribution >= 0.6 is 7.14 Å². The summed E-state index contributed by atoms with van der Waals surface area (Å²) in [7, 11) is -2.91. The molecular weight excluding hydrogens is 359 g/mol. The Hall–Kier alpha value is -2.81. The Bertz CT molecular complexity index is 966. The highest BCUT2D eigenvalue weighted by Crippen LogP contribution is 2.46. The number of allylic oxidation sites excluding steroid dienone is 1. The molecule has 0 aliphatic rings. The average Bonchev–Trinajstić information content (AvgIpc) is 2.77. The molecule has 1 nitrogen and oxygen atoms in total. The number of benzene rings is 3. The smallest absolute Gasteiger partial charge is 0.165 e. The molecule has 0 N–H and O–H groups in total. The second-order valence-electron chi connectivity index (χ2n) is 6.70. The molecular formula is C26H25OP. The fraction of sp³-hybridized carbons (Fsp3) is 0.154. The molecule has 140 valence electrons. The Labute approximate surface area is 168 Å². The first kappa shape index (κ1) is 19.9. The monoisotopic (exact) mass is 384 g/mol. The Morgan fingerprint density at radius 1 is 0.821 bits per heavy atom. The zero-order chi connectivity index (χ0) is 19.7. The molecule has 3 rings (SSSR count). The maximum Gasteiger partial charge on any atom is 0.165 e. The van der Waals surface area contributed by atoms with Gasteiger partial charge in [0.2, 0.25) is 0 Å². The molecule has 0 heterocycles. The fourth-order valence-electron chi connectivity index (χ4n) is 3.02. The van der Waals surface area contributed by atoms with Crippen molar-refractivity contribution in [2.75, 3.05) is 0 Å². The van der Waals surface area contributed by atoms with Crippen LogP contribution in [0.3, 0.4) is 0 Å². The van der Waals surface area contributed by atoms with E-state index in [9.17, 15) is 4.57 Å². The quantitative estimate of drug-likeness (QED) is 0.369. The third kappa shape index (κ3) is 5.13. The van der Waals surface area contributed by atoms with Gasteiger partial charge in [-0.15, -0.1) is 0 Å². The van der Waals surface area contributed by atoms with Crippen LogP contribution in [0.15, 0.2) is 102 Å². The molecule has 0 spiro atoms. The third-order valence-electron chi connectivity index (χ3n) is 4.56. The molecule has 2 heteroatoms. The van der Waals surface area contributed by atoms with E-state index >= 15 is 0 Å². The van der Waals surface area contributed by atoms with Gasteiger partial charge in [-0.25, -0.2) is 0 Å². The Morgan fingerprint density at radius 3 is 1.82 bits per heavy atom. The van der Waals surface area contributed by atoms with Crippen molar-refractivity contribution in [1.29, 1.82) is 0 Å². The van der Waals surface area contributed by atoms with E-state index in [1.54, 1.807) is 0 Å². The second kappa shape index (κ2) is 9.93. The number of rotatable bonds is 6. The van der Waals surface area contributed by atoms with Gasteiger partial charge >= 0.3 is 0 Å². The van der Waals surface area contributed by atoms with Crippen LogP contribution in [0.4, 0.5) is 0 Å². The fourth-order valence-corrected chi connectivity index (χ4v) is 5.48. The van der Waals surface area contributed by atoms with Gasteiger partial charge in [-0.05, 0) is 30.8 Å². The van der Waals surface area contributed by atoms with E-state index in [0.717, 1.165) is 41.0 Å². The van der Waals surface area contributed by atoms with Crippen molar-refractivity contribution >= 4 is 17.8 Å². The first-order chi connectivity index (χ1) is 13.7. The van der Waals surface area contributed by atoms with Crippen LogP contribution in [-0.2, 0) is 4.57 Å².